The summed E-state index contributed by atoms with van der Waals surface area (Å²) < 4.78 is 10.5. The third kappa shape index (κ3) is 10.7. The Kier molecular flexibility index (Phi) is 13.7. The maximum atomic E-state index is 12.5. The number of esters is 2. The lowest BCUT2D eigenvalue weighted by atomic mass is 10.0. The molecule has 10 heteroatoms. The lowest BCUT2D eigenvalue weighted by Gasteiger charge is -2.38. The van der Waals surface area contributed by atoms with Crippen LogP contribution in [0.25, 0.3) is 0 Å². The van der Waals surface area contributed by atoms with Gasteiger partial charge in [-0.2, -0.15) is 0 Å². The average Bonchev–Trinajstić information content (AvgIpc) is 3.22. The van der Waals surface area contributed by atoms with E-state index >= 15 is 0 Å². The van der Waals surface area contributed by atoms with Crippen molar-refractivity contribution in [2.24, 2.45) is 0 Å². The molecule has 0 aromatic heterocycles. The highest BCUT2D eigenvalue weighted by molar-refractivity contribution is 5.85. The number of nitrogens with zero attached hydrogens (tertiary/aromatic N) is 4. The molecule has 2 aliphatic heterocycles. The van der Waals surface area contributed by atoms with Crippen molar-refractivity contribution in [3.63, 3.8) is 0 Å². The van der Waals surface area contributed by atoms with Gasteiger partial charge in [0.15, 0.2) is 12.2 Å². The van der Waals surface area contributed by atoms with Gasteiger partial charge in [-0.05, 0) is 86.3 Å². The molecule has 0 spiro atoms. The molecule has 10 nitrogen and oxygen atoms in total. The summed E-state index contributed by atoms with van der Waals surface area (Å²) in [6, 6.07) is 37.7. The van der Waals surface area contributed by atoms with Gasteiger partial charge in [-0.3, -0.25) is 9.80 Å². The van der Waals surface area contributed by atoms with Crippen molar-refractivity contribution in [2.45, 2.75) is 76.3 Å². The summed E-state index contributed by atoms with van der Waals surface area (Å²) in [6.45, 7) is 5.50. The Morgan fingerprint density at radius 3 is 1.22 bits per heavy atom. The maximum absolute atomic E-state index is 12.5. The zero-order valence-corrected chi connectivity index (χ0v) is 31.5. The maximum Gasteiger partial charge on any atom is 0.338 e. The number of carbonyl (C=O) groups is 2. The SMILES string of the molecule is CN(Cc1ccccc1)C1CCN(c2ccc(COC(=O)C(O)C(O)C(=O)OCc3ccc(N4CCC(N(C)Cc5ccccc5)CC4)cc3)cc2)CC1. The van der Waals surface area contributed by atoms with E-state index in [0.29, 0.717) is 12.1 Å². The highest BCUT2D eigenvalue weighted by Gasteiger charge is 2.33. The van der Waals surface area contributed by atoms with Crippen LogP contribution in [0.3, 0.4) is 0 Å². The minimum absolute atomic E-state index is 0.0985. The summed E-state index contributed by atoms with van der Waals surface area (Å²) in [7, 11) is 4.39. The topological polar surface area (TPSA) is 106 Å². The molecule has 0 amide bonds. The van der Waals surface area contributed by atoms with E-state index in [-0.39, 0.29) is 13.2 Å². The van der Waals surface area contributed by atoms with Crippen LogP contribution in [0.1, 0.15) is 47.9 Å². The van der Waals surface area contributed by atoms with Crippen LogP contribution in [-0.2, 0) is 45.4 Å². The van der Waals surface area contributed by atoms with Crippen LogP contribution >= 0.6 is 0 Å². The second kappa shape index (κ2) is 19.0. The number of aliphatic hydroxyl groups is 2. The molecule has 4 aromatic carbocycles. The summed E-state index contributed by atoms with van der Waals surface area (Å²) in [5.74, 6) is -2.19. The first-order chi connectivity index (χ1) is 26.2. The quantitative estimate of drug-likeness (QED) is 0.155. The van der Waals surface area contributed by atoms with E-state index in [0.717, 1.165) is 87.5 Å². The number of hydrogen-bond acceptors (Lipinski definition) is 10. The lowest BCUT2D eigenvalue weighted by Crippen LogP contribution is -2.43. The fraction of sp³-hybridized carbons (Fsp3) is 0.409. The van der Waals surface area contributed by atoms with Crippen molar-refractivity contribution in [2.75, 3.05) is 50.1 Å². The van der Waals surface area contributed by atoms with Crippen LogP contribution in [0.5, 0.6) is 0 Å². The number of anilines is 2. The van der Waals surface area contributed by atoms with Gasteiger partial charge in [0, 0.05) is 62.7 Å². The third-order valence-electron chi connectivity index (χ3n) is 10.9. The van der Waals surface area contributed by atoms with Crippen LogP contribution in [0.4, 0.5) is 11.4 Å². The first-order valence-electron chi connectivity index (χ1n) is 19.1. The number of rotatable bonds is 15. The highest BCUT2D eigenvalue weighted by Crippen LogP contribution is 2.25. The number of ether oxygens (including phenoxy) is 2. The van der Waals surface area contributed by atoms with Crippen molar-refractivity contribution in [3.8, 4) is 0 Å². The first-order valence-corrected chi connectivity index (χ1v) is 19.1. The van der Waals surface area contributed by atoms with Crippen molar-refractivity contribution < 1.29 is 29.3 Å². The third-order valence-corrected chi connectivity index (χ3v) is 10.9. The molecule has 2 heterocycles. The van der Waals surface area contributed by atoms with Crippen LogP contribution in [-0.4, -0.2) is 96.5 Å². The number of piperidine rings is 2. The highest BCUT2D eigenvalue weighted by atomic mass is 16.6. The molecule has 2 N–H and O–H groups in total. The number of carbonyl (C=O) groups excluding carboxylic acids is 2. The van der Waals surface area contributed by atoms with E-state index in [1.165, 1.54) is 11.1 Å². The molecule has 0 bridgehead atoms. The predicted octanol–water partition coefficient (Wildman–Crippen LogP) is 5.40. The minimum atomic E-state index is -2.06. The summed E-state index contributed by atoms with van der Waals surface area (Å²) in [6.07, 6.45) is 0.179. The van der Waals surface area contributed by atoms with Crippen LogP contribution in [0.2, 0.25) is 0 Å². The molecule has 2 unspecified atom stereocenters. The smallest absolute Gasteiger partial charge is 0.338 e. The Hall–Kier alpha value is -4.74. The van der Waals surface area contributed by atoms with Gasteiger partial charge in [0.25, 0.3) is 0 Å². The van der Waals surface area contributed by atoms with Gasteiger partial charge >= 0.3 is 11.9 Å². The monoisotopic (exact) mass is 734 g/mol. The summed E-state index contributed by atoms with van der Waals surface area (Å²) in [5, 5.41) is 20.7. The largest absolute Gasteiger partial charge is 0.459 e. The Labute approximate surface area is 319 Å². The summed E-state index contributed by atoms with van der Waals surface area (Å²) in [4.78, 5) is 34.6. The molecule has 0 aliphatic carbocycles. The molecular formula is C44H54N4O6. The van der Waals surface area contributed by atoms with Gasteiger partial charge in [0.1, 0.15) is 13.2 Å². The second-order valence-electron chi connectivity index (χ2n) is 14.7. The molecule has 6 rings (SSSR count). The Morgan fingerprint density at radius 1 is 0.556 bits per heavy atom. The Bertz CT molecular complexity index is 1610. The van der Waals surface area contributed by atoms with E-state index in [1.807, 2.05) is 60.7 Å². The molecule has 54 heavy (non-hydrogen) atoms. The van der Waals surface area contributed by atoms with E-state index in [1.54, 1.807) is 0 Å². The predicted molar refractivity (Wildman–Crippen MR) is 211 cm³/mol. The van der Waals surface area contributed by atoms with E-state index in [4.69, 9.17) is 9.47 Å². The molecular weight excluding hydrogens is 681 g/mol. The number of hydrogen-bond donors (Lipinski definition) is 2. The number of benzene rings is 4. The van der Waals surface area contributed by atoms with Crippen molar-refractivity contribution >= 4 is 23.3 Å². The van der Waals surface area contributed by atoms with Gasteiger partial charge < -0.3 is 29.5 Å². The van der Waals surface area contributed by atoms with Crippen molar-refractivity contribution in [1.29, 1.82) is 0 Å². The Morgan fingerprint density at radius 2 is 0.889 bits per heavy atom. The van der Waals surface area contributed by atoms with Gasteiger partial charge in [-0.1, -0.05) is 84.9 Å². The Balaban J connectivity index is 0.875. The van der Waals surface area contributed by atoms with Gasteiger partial charge in [-0.25, -0.2) is 9.59 Å². The molecule has 0 radical (unpaired) electrons. The van der Waals surface area contributed by atoms with Crippen LogP contribution in [0, 0.1) is 0 Å². The zero-order chi connectivity index (χ0) is 37.9. The van der Waals surface area contributed by atoms with Crippen LogP contribution < -0.4 is 9.80 Å². The van der Waals surface area contributed by atoms with Gasteiger partial charge in [0.05, 0.1) is 0 Å². The molecule has 0 saturated carbocycles. The molecule has 2 fully saturated rings. The lowest BCUT2D eigenvalue weighted by molar-refractivity contribution is -0.174. The normalized spacial score (nSPS) is 16.7. The molecule has 2 atom stereocenters. The van der Waals surface area contributed by atoms with E-state index < -0.39 is 24.1 Å². The zero-order valence-electron chi connectivity index (χ0n) is 31.5. The van der Waals surface area contributed by atoms with Gasteiger partial charge in [-0.15, -0.1) is 0 Å². The summed E-state index contributed by atoms with van der Waals surface area (Å²) >= 11 is 0. The van der Waals surface area contributed by atoms with Crippen LogP contribution in [0.15, 0.2) is 109 Å². The standard InChI is InChI=1S/C44H54N4O6/c1-45(29-33-9-5-3-6-10-33)37-21-25-47(26-22-37)39-17-13-35(14-18-39)31-53-43(51)41(49)42(50)44(52)54-32-36-15-19-40(20-16-36)48-27-23-38(24-28-48)46(2)30-34-11-7-4-8-12-34/h3-20,37-38,41-42,49-50H,21-32H2,1-2H3. The van der Waals surface area contributed by atoms with E-state index in [2.05, 4.69) is 82.2 Å². The molecule has 2 aliphatic rings. The van der Waals surface area contributed by atoms with Gasteiger partial charge in [0.2, 0.25) is 0 Å². The molecule has 286 valence electrons. The molecule has 4 aromatic rings. The number of aliphatic hydroxyl groups excluding tert-OH is 2. The van der Waals surface area contributed by atoms with Crippen molar-refractivity contribution in [1.82, 2.24) is 9.80 Å². The second-order valence-corrected chi connectivity index (χ2v) is 14.7. The summed E-state index contributed by atoms with van der Waals surface area (Å²) in [5.41, 5.74) is 6.31. The minimum Gasteiger partial charge on any atom is -0.459 e. The fourth-order valence-corrected chi connectivity index (χ4v) is 7.47. The fourth-order valence-electron chi connectivity index (χ4n) is 7.47. The van der Waals surface area contributed by atoms with E-state index in [9.17, 15) is 19.8 Å². The van der Waals surface area contributed by atoms with Crippen molar-refractivity contribution in [3.05, 3.63) is 131 Å². The molecule has 2 saturated heterocycles. The average molecular weight is 735 g/mol. The first kappa shape index (κ1) is 39.0.